The first-order chi connectivity index (χ1) is 9.54. The molecule has 2 atom stereocenters. The van der Waals surface area contributed by atoms with Crippen LogP contribution in [0, 0.1) is 0 Å². The Labute approximate surface area is 132 Å². The van der Waals surface area contributed by atoms with E-state index in [1.54, 1.807) is 0 Å². The fourth-order valence-electron chi connectivity index (χ4n) is 2.53. The third-order valence-electron chi connectivity index (χ3n) is 3.58. The molecule has 0 saturated carbocycles. The number of benzene rings is 2. The van der Waals surface area contributed by atoms with Gasteiger partial charge in [-0.25, -0.2) is 0 Å². The fourth-order valence-corrected chi connectivity index (χ4v) is 3.05. The lowest BCUT2D eigenvalue weighted by atomic mass is 9.97. The van der Waals surface area contributed by atoms with E-state index in [0.29, 0.717) is 5.02 Å². The van der Waals surface area contributed by atoms with Crippen LogP contribution < -0.4 is 10.5 Å². The van der Waals surface area contributed by atoms with Crippen LogP contribution in [0.1, 0.15) is 29.7 Å². The molecule has 0 saturated heterocycles. The van der Waals surface area contributed by atoms with E-state index in [-0.39, 0.29) is 12.1 Å². The maximum atomic E-state index is 6.36. The number of ether oxygens (including phenoxy) is 1. The van der Waals surface area contributed by atoms with E-state index in [0.717, 1.165) is 27.8 Å². The molecular formula is C16H15BrClNO. The summed E-state index contributed by atoms with van der Waals surface area (Å²) in [6.07, 6.45) is 1.20. The molecule has 1 aliphatic rings. The fraction of sp³-hybridized carbons (Fsp3) is 0.250. The van der Waals surface area contributed by atoms with Gasteiger partial charge in [0.05, 0.1) is 11.1 Å². The van der Waals surface area contributed by atoms with Gasteiger partial charge in [0.1, 0.15) is 11.9 Å². The van der Waals surface area contributed by atoms with Gasteiger partial charge in [0.2, 0.25) is 0 Å². The van der Waals surface area contributed by atoms with Crippen molar-refractivity contribution in [1.29, 1.82) is 0 Å². The van der Waals surface area contributed by atoms with Gasteiger partial charge >= 0.3 is 0 Å². The van der Waals surface area contributed by atoms with Crippen LogP contribution in [-0.2, 0) is 6.42 Å². The Kier molecular flexibility index (Phi) is 3.76. The monoisotopic (exact) mass is 351 g/mol. The summed E-state index contributed by atoms with van der Waals surface area (Å²) in [6, 6.07) is 11.8. The first-order valence-electron chi connectivity index (χ1n) is 6.54. The highest BCUT2D eigenvalue weighted by atomic mass is 79.9. The molecule has 1 heterocycles. The number of fused-ring (bicyclic) bond motifs is 1. The summed E-state index contributed by atoms with van der Waals surface area (Å²) in [5, 5.41) is 0.692. The number of hydrogen-bond donors (Lipinski definition) is 1. The van der Waals surface area contributed by atoms with Crippen molar-refractivity contribution in [3.05, 3.63) is 62.6 Å². The standard InChI is InChI=1S/C16H15BrClNO/c1-9-6-12-7-10(3-5-15(12)20-9)16(19)11-2-4-14(18)13(17)8-11/h2-5,7-9,16H,6,19H2,1H3. The van der Waals surface area contributed by atoms with Gasteiger partial charge in [0, 0.05) is 10.9 Å². The average Bonchev–Trinajstić information content (AvgIpc) is 2.80. The number of rotatable bonds is 2. The molecule has 2 N–H and O–H groups in total. The van der Waals surface area contributed by atoms with Crippen LogP contribution in [0.2, 0.25) is 5.02 Å². The van der Waals surface area contributed by atoms with E-state index in [1.165, 1.54) is 5.56 Å². The molecule has 4 heteroatoms. The molecule has 20 heavy (non-hydrogen) atoms. The van der Waals surface area contributed by atoms with Crippen molar-refractivity contribution in [2.24, 2.45) is 5.73 Å². The van der Waals surface area contributed by atoms with Gasteiger partial charge in [-0.15, -0.1) is 0 Å². The Morgan fingerprint density at radius 2 is 1.95 bits per heavy atom. The molecule has 3 rings (SSSR count). The van der Waals surface area contributed by atoms with Crippen molar-refractivity contribution < 1.29 is 4.74 Å². The van der Waals surface area contributed by atoms with Crippen molar-refractivity contribution in [3.8, 4) is 5.75 Å². The maximum Gasteiger partial charge on any atom is 0.123 e. The molecule has 0 amide bonds. The minimum Gasteiger partial charge on any atom is -0.490 e. The average molecular weight is 353 g/mol. The van der Waals surface area contributed by atoms with Crippen LogP contribution in [0.5, 0.6) is 5.75 Å². The van der Waals surface area contributed by atoms with Crippen LogP contribution in [0.4, 0.5) is 0 Å². The summed E-state index contributed by atoms with van der Waals surface area (Å²) in [6.45, 7) is 2.08. The largest absolute Gasteiger partial charge is 0.490 e. The first kappa shape index (κ1) is 13.9. The normalized spacial score (nSPS) is 18.5. The Morgan fingerprint density at radius 1 is 1.25 bits per heavy atom. The lowest BCUT2D eigenvalue weighted by molar-refractivity contribution is 0.254. The van der Waals surface area contributed by atoms with E-state index >= 15 is 0 Å². The second-order valence-electron chi connectivity index (χ2n) is 5.15. The third kappa shape index (κ3) is 2.58. The van der Waals surface area contributed by atoms with Crippen LogP contribution >= 0.6 is 27.5 Å². The maximum absolute atomic E-state index is 6.36. The number of nitrogens with two attached hydrogens (primary N) is 1. The highest BCUT2D eigenvalue weighted by Crippen LogP contribution is 2.33. The predicted molar refractivity (Wildman–Crippen MR) is 85.4 cm³/mol. The van der Waals surface area contributed by atoms with Gasteiger partial charge in [0.15, 0.2) is 0 Å². The summed E-state index contributed by atoms with van der Waals surface area (Å²) >= 11 is 9.46. The molecule has 2 nitrogen and oxygen atoms in total. The van der Waals surface area contributed by atoms with Gasteiger partial charge in [0.25, 0.3) is 0 Å². The second kappa shape index (κ2) is 5.40. The summed E-state index contributed by atoms with van der Waals surface area (Å²) in [7, 11) is 0. The minimum atomic E-state index is -0.162. The van der Waals surface area contributed by atoms with Crippen LogP contribution in [0.3, 0.4) is 0 Å². The van der Waals surface area contributed by atoms with Crippen LogP contribution in [0.25, 0.3) is 0 Å². The highest BCUT2D eigenvalue weighted by Gasteiger charge is 2.20. The zero-order valence-corrected chi connectivity index (χ0v) is 13.4. The minimum absolute atomic E-state index is 0.162. The lowest BCUT2D eigenvalue weighted by Crippen LogP contribution is -2.12. The molecule has 2 unspecified atom stereocenters. The topological polar surface area (TPSA) is 35.2 Å². The van der Waals surface area contributed by atoms with Gasteiger partial charge < -0.3 is 10.5 Å². The molecule has 2 aromatic carbocycles. The Hall–Kier alpha value is -1.03. The molecular weight excluding hydrogens is 338 g/mol. The zero-order chi connectivity index (χ0) is 14.3. The third-order valence-corrected chi connectivity index (χ3v) is 4.80. The predicted octanol–water partition coefficient (Wildman–Crippen LogP) is 4.47. The van der Waals surface area contributed by atoms with Crippen molar-refractivity contribution in [3.63, 3.8) is 0 Å². The Bertz CT molecular complexity index is 659. The van der Waals surface area contributed by atoms with Crippen molar-refractivity contribution in [2.75, 3.05) is 0 Å². The van der Waals surface area contributed by atoms with Crippen LogP contribution in [0.15, 0.2) is 40.9 Å². The van der Waals surface area contributed by atoms with Gasteiger partial charge in [-0.3, -0.25) is 0 Å². The van der Waals surface area contributed by atoms with Gasteiger partial charge in [-0.2, -0.15) is 0 Å². The molecule has 0 radical (unpaired) electrons. The van der Waals surface area contributed by atoms with Gasteiger partial charge in [-0.05, 0) is 57.7 Å². The highest BCUT2D eigenvalue weighted by molar-refractivity contribution is 9.10. The summed E-state index contributed by atoms with van der Waals surface area (Å²) < 4.78 is 6.58. The Morgan fingerprint density at radius 3 is 2.70 bits per heavy atom. The summed E-state index contributed by atoms with van der Waals surface area (Å²) in [5.74, 6) is 0.978. The molecule has 104 valence electrons. The van der Waals surface area contributed by atoms with Crippen LogP contribution in [-0.4, -0.2) is 6.10 Å². The molecule has 0 spiro atoms. The first-order valence-corrected chi connectivity index (χ1v) is 7.71. The second-order valence-corrected chi connectivity index (χ2v) is 6.41. The molecule has 0 bridgehead atoms. The lowest BCUT2D eigenvalue weighted by Gasteiger charge is -2.14. The quantitative estimate of drug-likeness (QED) is 0.865. The van der Waals surface area contributed by atoms with E-state index in [2.05, 4.69) is 28.9 Å². The molecule has 0 aliphatic carbocycles. The molecule has 2 aromatic rings. The van der Waals surface area contributed by atoms with Crippen molar-refractivity contribution >= 4 is 27.5 Å². The van der Waals surface area contributed by atoms with Gasteiger partial charge in [-0.1, -0.05) is 29.8 Å². The zero-order valence-electron chi connectivity index (χ0n) is 11.1. The smallest absolute Gasteiger partial charge is 0.123 e. The van der Waals surface area contributed by atoms with E-state index in [9.17, 15) is 0 Å². The Balaban J connectivity index is 1.93. The molecule has 0 aromatic heterocycles. The summed E-state index contributed by atoms with van der Waals surface area (Å²) in [4.78, 5) is 0. The van der Waals surface area contributed by atoms with Crippen molar-refractivity contribution in [2.45, 2.75) is 25.5 Å². The van der Waals surface area contributed by atoms with Crippen molar-refractivity contribution in [1.82, 2.24) is 0 Å². The van der Waals surface area contributed by atoms with E-state index in [4.69, 9.17) is 22.1 Å². The summed E-state index contributed by atoms with van der Waals surface area (Å²) in [5.41, 5.74) is 9.72. The van der Waals surface area contributed by atoms with E-state index in [1.807, 2.05) is 30.3 Å². The SMILES string of the molecule is CC1Cc2cc(C(N)c3ccc(Cl)c(Br)c3)ccc2O1. The van der Waals surface area contributed by atoms with E-state index < -0.39 is 0 Å². The number of hydrogen-bond acceptors (Lipinski definition) is 2. The molecule has 0 fully saturated rings. The molecule has 1 aliphatic heterocycles. The number of halogens is 2.